The highest BCUT2D eigenvalue weighted by molar-refractivity contribution is 5.34. The lowest BCUT2D eigenvalue weighted by atomic mass is 10.0. The first-order valence-electron chi connectivity index (χ1n) is 9.00. The van der Waals surface area contributed by atoms with E-state index in [1.165, 1.54) is 12.1 Å². The van der Waals surface area contributed by atoms with Crippen LogP contribution in [0.15, 0.2) is 60.7 Å². The average molecular weight is 406 g/mol. The predicted octanol–water partition coefficient (Wildman–Crippen LogP) is 4.11. The SMILES string of the molecule is Cc1cc(COc2ccc(C(O)CC(O)C(F)(F)F)cc2)n(-c2ccccc2)n1. The van der Waals surface area contributed by atoms with Crippen molar-refractivity contribution in [2.45, 2.75) is 38.3 Å². The number of hydrogen-bond acceptors (Lipinski definition) is 4. The number of ether oxygens (including phenoxy) is 1. The fourth-order valence-electron chi connectivity index (χ4n) is 2.87. The maximum atomic E-state index is 12.4. The van der Waals surface area contributed by atoms with Gasteiger partial charge in [-0.05, 0) is 42.8 Å². The summed E-state index contributed by atoms with van der Waals surface area (Å²) in [6.07, 6.45) is -9.58. The Morgan fingerprint density at radius 2 is 1.69 bits per heavy atom. The highest BCUT2D eigenvalue weighted by Gasteiger charge is 2.39. The molecule has 1 aromatic heterocycles. The number of benzene rings is 2. The van der Waals surface area contributed by atoms with Gasteiger partial charge in [-0.2, -0.15) is 18.3 Å². The number of aryl methyl sites for hydroxylation is 1. The summed E-state index contributed by atoms with van der Waals surface area (Å²) >= 11 is 0. The minimum Gasteiger partial charge on any atom is -0.487 e. The molecule has 154 valence electrons. The lowest BCUT2D eigenvalue weighted by Gasteiger charge is -2.18. The molecule has 0 radical (unpaired) electrons. The summed E-state index contributed by atoms with van der Waals surface area (Å²) < 4.78 is 44.8. The maximum absolute atomic E-state index is 12.4. The van der Waals surface area contributed by atoms with Gasteiger partial charge in [0.15, 0.2) is 6.10 Å². The first-order valence-corrected chi connectivity index (χ1v) is 9.00. The molecule has 2 N–H and O–H groups in total. The van der Waals surface area contributed by atoms with Crippen molar-refractivity contribution in [3.8, 4) is 11.4 Å². The fourth-order valence-corrected chi connectivity index (χ4v) is 2.87. The van der Waals surface area contributed by atoms with Crippen molar-refractivity contribution in [3.63, 3.8) is 0 Å². The summed E-state index contributed by atoms with van der Waals surface area (Å²) in [7, 11) is 0. The number of aliphatic hydroxyl groups is 2. The van der Waals surface area contributed by atoms with Crippen molar-refractivity contribution in [1.29, 1.82) is 0 Å². The largest absolute Gasteiger partial charge is 0.487 e. The van der Waals surface area contributed by atoms with Gasteiger partial charge in [-0.25, -0.2) is 4.68 Å². The van der Waals surface area contributed by atoms with E-state index < -0.39 is 24.8 Å². The molecule has 29 heavy (non-hydrogen) atoms. The van der Waals surface area contributed by atoms with Crippen LogP contribution < -0.4 is 4.74 Å². The van der Waals surface area contributed by atoms with Gasteiger partial charge in [0.1, 0.15) is 12.4 Å². The first kappa shape index (κ1) is 20.9. The van der Waals surface area contributed by atoms with E-state index >= 15 is 0 Å². The van der Waals surface area contributed by atoms with Crippen molar-refractivity contribution in [3.05, 3.63) is 77.6 Å². The Morgan fingerprint density at radius 1 is 1.03 bits per heavy atom. The van der Waals surface area contributed by atoms with Crippen LogP contribution in [0.5, 0.6) is 5.75 Å². The molecule has 2 atom stereocenters. The zero-order valence-corrected chi connectivity index (χ0v) is 15.7. The maximum Gasteiger partial charge on any atom is 0.414 e. The van der Waals surface area contributed by atoms with Gasteiger partial charge >= 0.3 is 6.18 Å². The third-order valence-corrected chi connectivity index (χ3v) is 4.38. The van der Waals surface area contributed by atoms with Gasteiger partial charge in [0, 0.05) is 6.42 Å². The molecule has 0 aliphatic rings. The van der Waals surface area contributed by atoms with Crippen LogP contribution in [-0.2, 0) is 6.61 Å². The summed E-state index contributed by atoms with van der Waals surface area (Å²) in [5.74, 6) is 0.496. The molecule has 1 heterocycles. The van der Waals surface area contributed by atoms with Crippen LogP contribution in [0.1, 0.15) is 29.5 Å². The molecule has 2 aromatic carbocycles. The Morgan fingerprint density at radius 3 is 2.31 bits per heavy atom. The van der Waals surface area contributed by atoms with E-state index in [9.17, 15) is 18.3 Å². The van der Waals surface area contributed by atoms with Crippen LogP contribution in [0, 0.1) is 6.92 Å². The molecule has 2 unspecified atom stereocenters. The third kappa shape index (κ3) is 5.36. The Bertz CT molecular complexity index is 925. The predicted molar refractivity (Wildman–Crippen MR) is 101 cm³/mol. The lowest BCUT2D eigenvalue weighted by molar-refractivity contribution is -0.211. The van der Waals surface area contributed by atoms with Gasteiger partial charge in [0.05, 0.1) is 23.2 Å². The molecule has 8 heteroatoms. The summed E-state index contributed by atoms with van der Waals surface area (Å²) in [5.41, 5.74) is 2.85. The monoisotopic (exact) mass is 406 g/mol. The number of nitrogens with zero attached hydrogens (tertiary/aromatic N) is 2. The van der Waals surface area contributed by atoms with Crippen molar-refractivity contribution < 1.29 is 28.1 Å². The van der Waals surface area contributed by atoms with Crippen LogP contribution >= 0.6 is 0 Å². The van der Waals surface area contributed by atoms with E-state index in [-0.39, 0.29) is 12.2 Å². The Kier molecular flexibility index (Phi) is 6.24. The van der Waals surface area contributed by atoms with Crippen LogP contribution in [0.25, 0.3) is 5.69 Å². The molecule has 3 rings (SSSR count). The molecular formula is C21H21F3N2O3. The van der Waals surface area contributed by atoms with Gasteiger partial charge in [-0.1, -0.05) is 30.3 Å². The number of aliphatic hydroxyl groups excluding tert-OH is 2. The zero-order chi connectivity index (χ0) is 21.0. The zero-order valence-electron chi connectivity index (χ0n) is 15.7. The van der Waals surface area contributed by atoms with E-state index in [1.807, 2.05) is 43.3 Å². The topological polar surface area (TPSA) is 67.5 Å². The van der Waals surface area contributed by atoms with Crippen molar-refractivity contribution >= 4 is 0 Å². The summed E-state index contributed by atoms with van der Waals surface area (Å²) in [5, 5.41) is 23.5. The molecule has 5 nitrogen and oxygen atoms in total. The number of alkyl halides is 3. The molecule has 3 aromatic rings. The molecule has 0 aliphatic heterocycles. The van der Waals surface area contributed by atoms with Crippen LogP contribution in [-0.4, -0.2) is 32.3 Å². The standard InChI is InChI=1S/C21H21F3N2O3/c1-14-11-17(26(25-14)16-5-3-2-4-6-16)13-29-18-9-7-15(8-10-18)19(27)12-20(28)21(22,23)24/h2-11,19-20,27-28H,12-13H2,1H3. The van der Waals surface area contributed by atoms with Crippen molar-refractivity contribution in [2.24, 2.45) is 0 Å². The minimum absolute atomic E-state index is 0.240. The molecule has 0 aliphatic carbocycles. The van der Waals surface area contributed by atoms with Gasteiger partial charge in [-0.3, -0.25) is 0 Å². The van der Waals surface area contributed by atoms with E-state index in [0.717, 1.165) is 17.1 Å². The smallest absolute Gasteiger partial charge is 0.414 e. The highest BCUT2D eigenvalue weighted by Crippen LogP contribution is 2.29. The van der Waals surface area contributed by atoms with E-state index in [4.69, 9.17) is 9.84 Å². The number of rotatable bonds is 7. The van der Waals surface area contributed by atoms with E-state index in [2.05, 4.69) is 5.10 Å². The normalized spacial score (nSPS) is 13.9. The highest BCUT2D eigenvalue weighted by atomic mass is 19.4. The first-order chi connectivity index (χ1) is 13.7. The lowest BCUT2D eigenvalue weighted by Crippen LogP contribution is -2.30. The quantitative estimate of drug-likeness (QED) is 0.620. The molecule has 0 saturated carbocycles. The number of halogens is 3. The third-order valence-electron chi connectivity index (χ3n) is 4.38. The molecule has 0 amide bonds. The second kappa shape index (κ2) is 8.67. The second-order valence-corrected chi connectivity index (χ2v) is 6.69. The molecule has 0 bridgehead atoms. The summed E-state index contributed by atoms with van der Waals surface area (Å²) in [6.45, 7) is 2.12. The number of para-hydroxylation sites is 1. The van der Waals surface area contributed by atoms with Gasteiger partial charge < -0.3 is 14.9 Å². The van der Waals surface area contributed by atoms with E-state index in [1.54, 1.807) is 16.8 Å². The van der Waals surface area contributed by atoms with E-state index in [0.29, 0.717) is 5.75 Å². The summed E-state index contributed by atoms with van der Waals surface area (Å²) in [4.78, 5) is 0. The van der Waals surface area contributed by atoms with Crippen molar-refractivity contribution in [1.82, 2.24) is 9.78 Å². The van der Waals surface area contributed by atoms with Gasteiger partial charge in [-0.15, -0.1) is 0 Å². The minimum atomic E-state index is -4.76. The Balaban J connectivity index is 1.64. The van der Waals surface area contributed by atoms with Gasteiger partial charge in [0.2, 0.25) is 0 Å². The number of aromatic nitrogens is 2. The number of hydrogen-bond donors (Lipinski definition) is 2. The molecular weight excluding hydrogens is 385 g/mol. The van der Waals surface area contributed by atoms with Crippen LogP contribution in [0.2, 0.25) is 0 Å². The summed E-state index contributed by atoms with van der Waals surface area (Å²) in [6, 6.07) is 17.6. The molecule has 0 spiro atoms. The van der Waals surface area contributed by atoms with Crippen LogP contribution in [0.4, 0.5) is 13.2 Å². The van der Waals surface area contributed by atoms with Crippen molar-refractivity contribution in [2.75, 3.05) is 0 Å². The van der Waals surface area contributed by atoms with Gasteiger partial charge in [0.25, 0.3) is 0 Å². The average Bonchev–Trinajstić information content (AvgIpc) is 3.07. The second-order valence-electron chi connectivity index (χ2n) is 6.69. The Labute approximate surface area is 166 Å². The molecule has 0 fully saturated rings. The molecule has 0 saturated heterocycles. The van der Waals surface area contributed by atoms with Crippen LogP contribution in [0.3, 0.4) is 0 Å². The Hall–Kier alpha value is -2.84. The fraction of sp³-hybridized carbons (Fsp3) is 0.286.